The minimum Gasteiger partial charge on any atom is -0.381 e. The Labute approximate surface area is 80.1 Å². The molecule has 1 aromatic rings. The van der Waals surface area contributed by atoms with Gasteiger partial charge >= 0.3 is 0 Å². The summed E-state index contributed by atoms with van der Waals surface area (Å²) in [6.07, 6.45) is -0.879. The highest BCUT2D eigenvalue weighted by molar-refractivity contribution is 5.29. The second-order valence-corrected chi connectivity index (χ2v) is 3.55. The van der Waals surface area contributed by atoms with Gasteiger partial charge in [0, 0.05) is 5.69 Å². The quantitative estimate of drug-likeness (QED) is 0.765. The second-order valence-electron chi connectivity index (χ2n) is 3.55. The Morgan fingerprint density at radius 3 is 2.71 bits per heavy atom. The molecule has 1 aliphatic carbocycles. The lowest BCUT2D eigenvalue weighted by atomic mass is 9.94. The molecule has 1 heterocycles. The lowest BCUT2D eigenvalue weighted by Crippen LogP contribution is -2.12. The number of halogens is 2. The number of aliphatic hydroxyl groups excluding tert-OH is 1. The summed E-state index contributed by atoms with van der Waals surface area (Å²) in [6.45, 7) is 0. The van der Waals surface area contributed by atoms with Gasteiger partial charge in [0.05, 0.1) is 0 Å². The molecule has 2 rings (SSSR count). The van der Waals surface area contributed by atoms with Crippen LogP contribution in [0.25, 0.3) is 0 Å². The highest BCUT2D eigenvalue weighted by Gasteiger charge is 2.27. The molecule has 1 aliphatic rings. The summed E-state index contributed by atoms with van der Waals surface area (Å²) < 4.78 is 24.5. The van der Waals surface area contributed by atoms with E-state index in [0.29, 0.717) is 0 Å². The number of nitrogens with one attached hydrogen (secondary N) is 1. The van der Waals surface area contributed by atoms with E-state index in [1.54, 1.807) is 0 Å². The van der Waals surface area contributed by atoms with Crippen LogP contribution in [0.2, 0.25) is 0 Å². The van der Waals surface area contributed by atoms with Crippen LogP contribution in [0.4, 0.5) is 8.78 Å². The molecule has 0 fully saturated rings. The Bertz CT molecular complexity index is 325. The van der Waals surface area contributed by atoms with Crippen molar-refractivity contribution in [2.24, 2.45) is 0 Å². The van der Waals surface area contributed by atoms with Gasteiger partial charge in [-0.1, -0.05) is 0 Å². The molecule has 0 bridgehead atoms. The average molecular weight is 202 g/mol. The van der Waals surface area contributed by atoms with Gasteiger partial charge in [0.15, 0.2) is 6.10 Å². The smallest absolute Gasteiger partial charge is 0.269 e. The minimum absolute atomic E-state index is 0.134. The maximum atomic E-state index is 12.3. The van der Waals surface area contributed by atoms with Gasteiger partial charge in [0.25, 0.3) is 6.43 Å². The number of aromatic nitrogens is 2. The van der Waals surface area contributed by atoms with Gasteiger partial charge in [-0.25, -0.2) is 8.78 Å². The van der Waals surface area contributed by atoms with Gasteiger partial charge in [-0.2, -0.15) is 5.10 Å². The molecule has 1 atom stereocenters. The molecule has 78 valence electrons. The van der Waals surface area contributed by atoms with Gasteiger partial charge < -0.3 is 5.11 Å². The maximum Gasteiger partial charge on any atom is 0.269 e. The monoisotopic (exact) mass is 202 g/mol. The number of aliphatic hydroxyl groups is 1. The molecule has 14 heavy (non-hydrogen) atoms. The van der Waals surface area contributed by atoms with Gasteiger partial charge in [-0.3, -0.25) is 5.10 Å². The van der Waals surface area contributed by atoms with Crippen molar-refractivity contribution in [2.45, 2.75) is 38.2 Å². The molecular weight excluding hydrogens is 190 g/mol. The molecule has 2 N–H and O–H groups in total. The zero-order valence-corrected chi connectivity index (χ0v) is 7.63. The highest BCUT2D eigenvalue weighted by Crippen LogP contribution is 2.28. The lowest BCUT2D eigenvalue weighted by molar-refractivity contribution is -0.00875. The zero-order valence-electron chi connectivity index (χ0n) is 7.63. The van der Waals surface area contributed by atoms with Crippen LogP contribution in [0, 0.1) is 0 Å². The minimum atomic E-state index is -2.76. The third kappa shape index (κ3) is 1.52. The number of rotatable bonds is 2. The predicted molar refractivity (Wildman–Crippen MR) is 46.2 cm³/mol. The van der Waals surface area contributed by atoms with Crippen molar-refractivity contribution < 1.29 is 13.9 Å². The summed E-state index contributed by atoms with van der Waals surface area (Å²) in [7, 11) is 0. The largest absolute Gasteiger partial charge is 0.381 e. The fourth-order valence-corrected chi connectivity index (χ4v) is 1.87. The predicted octanol–water partition coefficient (Wildman–Crippen LogP) is 1.59. The van der Waals surface area contributed by atoms with Gasteiger partial charge in [-0.15, -0.1) is 0 Å². The van der Waals surface area contributed by atoms with Crippen LogP contribution < -0.4 is 0 Å². The summed E-state index contributed by atoms with van der Waals surface area (Å²) in [5.74, 6) is 0. The summed E-state index contributed by atoms with van der Waals surface area (Å²) in [6, 6.07) is 0. The van der Waals surface area contributed by atoms with Crippen LogP contribution in [0.5, 0.6) is 0 Å². The van der Waals surface area contributed by atoms with E-state index in [2.05, 4.69) is 10.2 Å². The fraction of sp³-hybridized carbons (Fsp3) is 0.667. The van der Waals surface area contributed by atoms with Crippen molar-refractivity contribution in [1.82, 2.24) is 10.2 Å². The molecule has 0 amide bonds. The first-order chi connectivity index (χ1) is 6.70. The molecular formula is C9H12F2N2O. The van der Waals surface area contributed by atoms with Crippen LogP contribution in [0.1, 0.15) is 35.9 Å². The Balaban J connectivity index is 2.30. The van der Waals surface area contributed by atoms with Gasteiger partial charge in [-0.05, 0) is 31.2 Å². The van der Waals surface area contributed by atoms with E-state index in [4.69, 9.17) is 0 Å². The standard InChI is InChI=1S/C9H12F2N2O/c10-9(11)8(14)7-5-3-1-2-4-6(5)12-13-7/h8-9,14H,1-4H2,(H,12,13). The molecule has 1 aromatic heterocycles. The van der Waals surface area contributed by atoms with E-state index in [1.165, 1.54) is 0 Å². The molecule has 0 radical (unpaired) electrons. The first-order valence-electron chi connectivity index (χ1n) is 4.72. The fourth-order valence-electron chi connectivity index (χ4n) is 1.87. The number of alkyl halides is 2. The third-order valence-electron chi connectivity index (χ3n) is 2.61. The Morgan fingerprint density at radius 2 is 2.00 bits per heavy atom. The molecule has 0 aliphatic heterocycles. The summed E-state index contributed by atoms with van der Waals surface area (Å²) in [4.78, 5) is 0. The Morgan fingerprint density at radius 1 is 1.29 bits per heavy atom. The molecule has 1 unspecified atom stereocenters. The number of aryl methyl sites for hydroxylation is 1. The van der Waals surface area contributed by atoms with Crippen molar-refractivity contribution in [3.05, 3.63) is 17.0 Å². The van der Waals surface area contributed by atoms with E-state index >= 15 is 0 Å². The van der Waals surface area contributed by atoms with E-state index in [-0.39, 0.29) is 5.69 Å². The number of fused-ring (bicyclic) bond motifs is 1. The number of H-pyrrole nitrogens is 1. The van der Waals surface area contributed by atoms with E-state index in [1.807, 2.05) is 0 Å². The number of hydrogen-bond acceptors (Lipinski definition) is 2. The highest BCUT2D eigenvalue weighted by atomic mass is 19.3. The van der Waals surface area contributed by atoms with Crippen molar-refractivity contribution >= 4 is 0 Å². The molecule has 0 spiro atoms. The summed E-state index contributed by atoms with van der Waals surface area (Å²) in [5, 5.41) is 15.7. The van der Waals surface area contributed by atoms with E-state index in [0.717, 1.165) is 36.9 Å². The first kappa shape index (κ1) is 9.58. The van der Waals surface area contributed by atoms with Crippen molar-refractivity contribution in [3.8, 4) is 0 Å². The zero-order chi connectivity index (χ0) is 10.1. The van der Waals surface area contributed by atoms with Crippen LogP contribution in [-0.4, -0.2) is 21.7 Å². The van der Waals surface area contributed by atoms with Crippen molar-refractivity contribution in [1.29, 1.82) is 0 Å². The van der Waals surface area contributed by atoms with Crippen LogP contribution in [-0.2, 0) is 12.8 Å². The average Bonchev–Trinajstić information content (AvgIpc) is 2.60. The summed E-state index contributed by atoms with van der Waals surface area (Å²) >= 11 is 0. The molecule has 5 heteroatoms. The Kier molecular flexibility index (Phi) is 2.50. The molecule has 3 nitrogen and oxygen atoms in total. The van der Waals surface area contributed by atoms with Crippen molar-refractivity contribution in [2.75, 3.05) is 0 Å². The van der Waals surface area contributed by atoms with Crippen molar-refractivity contribution in [3.63, 3.8) is 0 Å². The van der Waals surface area contributed by atoms with Crippen LogP contribution in [0.3, 0.4) is 0 Å². The summed E-state index contributed by atoms with van der Waals surface area (Å²) in [5.41, 5.74) is 1.84. The first-order valence-corrected chi connectivity index (χ1v) is 4.72. The second kappa shape index (κ2) is 3.65. The van der Waals surface area contributed by atoms with E-state index in [9.17, 15) is 13.9 Å². The Hall–Kier alpha value is -0.970. The molecule has 0 saturated heterocycles. The van der Waals surface area contributed by atoms with Gasteiger partial charge in [0.1, 0.15) is 5.69 Å². The number of aromatic amines is 1. The maximum absolute atomic E-state index is 12.3. The SMILES string of the molecule is OC(c1n[nH]c2c1CCCC2)C(F)F. The van der Waals surface area contributed by atoms with E-state index < -0.39 is 12.5 Å². The number of nitrogens with zero attached hydrogens (tertiary/aromatic N) is 1. The normalized spacial score (nSPS) is 18.3. The molecule has 0 aromatic carbocycles. The van der Waals surface area contributed by atoms with Gasteiger partial charge in [0.2, 0.25) is 0 Å². The molecule has 0 saturated carbocycles. The topological polar surface area (TPSA) is 48.9 Å². The van der Waals surface area contributed by atoms with Crippen LogP contribution in [0.15, 0.2) is 0 Å². The lowest BCUT2D eigenvalue weighted by Gasteiger charge is -2.13. The van der Waals surface area contributed by atoms with Crippen LogP contribution >= 0.6 is 0 Å². The number of hydrogen-bond donors (Lipinski definition) is 2. The third-order valence-corrected chi connectivity index (χ3v) is 2.61.